The number of aromatic nitrogens is 3. The molecule has 0 aliphatic rings. The van der Waals surface area contributed by atoms with Crippen LogP contribution in [0.2, 0.25) is 5.02 Å². The second kappa shape index (κ2) is 9.44. The zero-order valence-electron chi connectivity index (χ0n) is 18.9. The maximum absolute atomic E-state index is 11.7. The second-order valence-corrected chi connectivity index (χ2v) is 9.42. The number of rotatable bonds is 6. The number of nitrogens with zero attached hydrogens (tertiary/aromatic N) is 3. The van der Waals surface area contributed by atoms with Gasteiger partial charge in [-0.2, -0.15) is 0 Å². The summed E-state index contributed by atoms with van der Waals surface area (Å²) in [5.74, 6) is -0.378. The standard InChI is InChI=1S/C27H20ClN3O3S/c1-15-12-22-25(24(20(15)14-23(32)33)16-5-7-18(28)8-6-16)35-27(31-22)17-9-11-29-21(13-17)19-4-3-10-30-26(19)34-2/h3-13H,14H2,1-2H3,(H,32,33). The maximum Gasteiger partial charge on any atom is 0.307 e. The lowest BCUT2D eigenvalue weighted by molar-refractivity contribution is -0.136. The Morgan fingerprint density at radius 2 is 1.86 bits per heavy atom. The zero-order valence-corrected chi connectivity index (χ0v) is 20.5. The number of carbonyl (C=O) groups is 1. The Hall–Kier alpha value is -3.81. The number of methoxy groups -OCH3 is 1. The number of carboxylic acids is 1. The molecule has 6 nitrogen and oxygen atoms in total. The van der Waals surface area contributed by atoms with Crippen LogP contribution in [0, 0.1) is 6.92 Å². The molecule has 0 aliphatic carbocycles. The summed E-state index contributed by atoms with van der Waals surface area (Å²) >= 11 is 7.65. The molecule has 35 heavy (non-hydrogen) atoms. The van der Waals surface area contributed by atoms with Gasteiger partial charge in [0.25, 0.3) is 0 Å². The first-order chi connectivity index (χ1) is 16.9. The van der Waals surface area contributed by atoms with Crippen LogP contribution in [0.15, 0.2) is 67.0 Å². The van der Waals surface area contributed by atoms with Crippen LogP contribution < -0.4 is 4.74 Å². The number of thiazole rings is 1. The van der Waals surface area contributed by atoms with Gasteiger partial charge in [-0.15, -0.1) is 11.3 Å². The van der Waals surface area contributed by atoms with Gasteiger partial charge in [0.05, 0.1) is 35.0 Å². The molecule has 0 spiro atoms. The molecule has 0 atom stereocenters. The highest BCUT2D eigenvalue weighted by Crippen LogP contribution is 2.41. The van der Waals surface area contributed by atoms with Gasteiger partial charge < -0.3 is 9.84 Å². The van der Waals surface area contributed by atoms with Gasteiger partial charge >= 0.3 is 5.97 Å². The van der Waals surface area contributed by atoms with Crippen LogP contribution in [0.25, 0.3) is 43.2 Å². The van der Waals surface area contributed by atoms with Crippen molar-refractivity contribution in [3.05, 3.63) is 83.1 Å². The van der Waals surface area contributed by atoms with Crippen molar-refractivity contribution in [1.29, 1.82) is 0 Å². The Balaban J connectivity index is 1.70. The van der Waals surface area contributed by atoms with E-state index in [1.165, 1.54) is 11.3 Å². The third kappa shape index (κ3) is 4.48. The largest absolute Gasteiger partial charge is 0.481 e. The summed E-state index contributed by atoms with van der Waals surface area (Å²) in [7, 11) is 1.58. The van der Waals surface area contributed by atoms with E-state index in [9.17, 15) is 9.90 Å². The molecule has 0 saturated heterocycles. The van der Waals surface area contributed by atoms with E-state index in [1.54, 1.807) is 19.5 Å². The fourth-order valence-electron chi connectivity index (χ4n) is 4.12. The van der Waals surface area contributed by atoms with Gasteiger partial charge in [-0.05, 0) is 66.1 Å². The molecule has 2 aromatic carbocycles. The minimum Gasteiger partial charge on any atom is -0.481 e. The number of pyridine rings is 2. The first kappa shape index (κ1) is 23.0. The summed E-state index contributed by atoms with van der Waals surface area (Å²) in [4.78, 5) is 25.4. The minimum atomic E-state index is -0.878. The molecular formula is C27H20ClN3O3S. The summed E-state index contributed by atoms with van der Waals surface area (Å²) in [6.07, 6.45) is 3.34. The SMILES string of the molecule is COc1ncccc1-c1cc(-c2nc3cc(C)c(CC(=O)O)c(-c4ccc(Cl)cc4)c3s2)ccn1. The molecule has 0 aliphatic heterocycles. The number of hydrogen-bond acceptors (Lipinski definition) is 6. The monoisotopic (exact) mass is 501 g/mol. The van der Waals surface area contributed by atoms with Gasteiger partial charge in [0.15, 0.2) is 0 Å². The van der Waals surface area contributed by atoms with Crippen LogP contribution in [0.3, 0.4) is 0 Å². The molecule has 0 amide bonds. The number of carboxylic acid groups (broad SMARTS) is 1. The highest BCUT2D eigenvalue weighted by atomic mass is 35.5. The molecule has 174 valence electrons. The highest BCUT2D eigenvalue weighted by Gasteiger charge is 2.20. The molecule has 1 N–H and O–H groups in total. The molecule has 5 rings (SSSR count). The van der Waals surface area contributed by atoms with Crippen molar-refractivity contribution in [2.24, 2.45) is 0 Å². The van der Waals surface area contributed by atoms with Gasteiger partial charge in [-0.3, -0.25) is 9.78 Å². The molecular weight excluding hydrogens is 482 g/mol. The summed E-state index contributed by atoms with van der Waals surface area (Å²) < 4.78 is 6.33. The predicted octanol–water partition coefficient (Wildman–Crippen LogP) is 6.68. The van der Waals surface area contributed by atoms with Crippen LogP contribution in [-0.2, 0) is 11.2 Å². The third-order valence-electron chi connectivity index (χ3n) is 5.72. The quantitative estimate of drug-likeness (QED) is 0.279. The Labute approximate surface area is 210 Å². The van der Waals surface area contributed by atoms with E-state index < -0.39 is 5.97 Å². The molecule has 0 bridgehead atoms. The van der Waals surface area contributed by atoms with Crippen molar-refractivity contribution in [3.63, 3.8) is 0 Å². The van der Waals surface area contributed by atoms with E-state index >= 15 is 0 Å². The minimum absolute atomic E-state index is 0.0762. The van der Waals surface area contributed by atoms with E-state index in [1.807, 2.05) is 61.5 Å². The maximum atomic E-state index is 11.7. The molecule has 0 saturated carbocycles. The first-order valence-electron chi connectivity index (χ1n) is 10.8. The van der Waals surface area contributed by atoms with Gasteiger partial charge in [-0.25, -0.2) is 9.97 Å². The summed E-state index contributed by atoms with van der Waals surface area (Å²) in [6, 6.07) is 17.1. The average Bonchev–Trinajstić information content (AvgIpc) is 3.28. The van der Waals surface area contributed by atoms with Crippen LogP contribution in [0.5, 0.6) is 5.88 Å². The highest BCUT2D eigenvalue weighted by molar-refractivity contribution is 7.22. The fourth-order valence-corrected chi connectivity index (χ4v) is 5.38. The van der Waals surface area contributed by atoms with E-state index in [-0.39, 0.29) is 6.42 Å². The van der Waals surface area contributed by atoms with Crippen molar-refractivity contribution in [2.45, 2.75) is 13.3 Å². The Morgan fingerprint density at radius 1 is 1.06 bits per heavy atom. The number of halogens is 1. The average molecular weight is 502 g/mol. The van der Waals surface area contributed by atoms with E-state index in [0.29, 0.717) is 10.9 Å². The Bertz CT molecular complexity index is 1560. The zero-order chi connectivity index (χ0) is 24.5. The van der Waals surface area contributed by atoms with Gasteiger partial charge in [0, 0.05) is 28.5 Å². The Morgan fingerprint density at radius 3 is 2.60 bits per heavy atom. The van der Waals surface area contributed by atoms with Gasteiger partial charge in [0.1, 0.15) is 5.01 Å². The third-order valence-corrected chi connectivity index (χ3v) is 7.11. The fraction of sp³-hybridized carbons (Fsp3) is 0.111. The normalized spacial score (nSPS) is 11.1. The van der Waals surface area contributed by atoms with Crippen molar-refractivity contribution in [3.8, 4) is 38.8 Å². The van der Waals surface area contributed by atoms with Gasteiger partial charge in [0.2, 0.25) is 5.88 Å². The topological polar surface area (TPSA) is 85.2 Å². The number of aliphatic carboxylic acids is 1. The molecule has 8 heteroatoms. The van der Waals surface area contributed by atoms with Crippen LogP contribution in [0.1, 0.15) is 11.1 Å². The van der Waals surface area contributed by atoms with Crippen molar-refractivity contribution in [2.75, 3.05) is 7.11 Å². The van der Waals surface area contributed by atoms with E-state index in [0.717, 1.165) is 54.3 Å². The number of ether oxygens (including phenoxy) is 1. The number of fused-ring (bicyclic) bond motifs is 1. The van der Waals surface area contributed by atoms with Crippen LogP contribution in [-0.4, -0.2) is 33.1 Å². The van der Waals surface area contributed by atoms with Crippen LogP contribution >= 0.6 is 22.9 Å². The summed E-state index contributed by atoms with van der Waals surface area (Å²) in [5.41, 5.74) is 6.69. The molecule has 5 aromatic rings. The lowest BCUT2D eigenvalue weighted by Gasteiger charge is -2.13. The number of aryl methyl sites for hydroxylation is 1. The number of benzene rings is 2. The lowest BCUT2D eigenvalue weighted by Crippen LogP contribution is -2.04. The summed E-state index contributed by atoms with van der Waals surface area (Å²) in [6.45, 7) is 1.93. The molecule has 0 radical (unpaired) electrons. The van der Waals surface area contributed by atoms with Crippen LogP contribution in [0.4, 0.5) is 0 Å². The van der Waals surface area contributed by atoms with E-state index in [4.69, 9.17) is 21.3 Å². The molecule has 3 heterocycles. The predicted molar refractivity (Wildman–Crippen MR) is 139 cm³/mol. The van der Waals surface area contributed by atoms with E-state index in [2.05, 4.69) is 9.97 Å². The summed E-state index contributed by atoms with van der Waals surface area (Å²) in [5, 5.41) is 11.0. The van der Waals surface area contributed by atoms with Crippen molar-refractivity contribution < 1.29 is 14.6 Å². The molecule has 0 fully saturated rings. The van der Waals surface area contributed by atoms with Crippen molar-refractivity contribution >= 4 is 39.1 Å². The molecule has 3 aromatic heterocycles. The Kier molecular flexibility index (Phi) is 6.19. The second-order valence-electron chi connectivity index (χ2n) is 7.98. The number of hydrogen-bond donors (Lipinski definition) is 1. The lowest BCUT2D eigenvalue weighted by atomic mass is 9.93. The van der Waals surface area contributed by atoms with Crippen molar-refractivity contribution in [1.82, 2.24) is 15.0 Å². The first-order valence-corrected chi connectivity index (χ1v) is 12.0. The van der Waals surface area contributed by atoms with Gasteiger partial charge in [-0.1, -0.05) is 23.7 Å². The molecule has 0 unspecified atom stereocenters. The smallest absolute Gasteiger partial charge is 0.307 e.